The van der Waals surface area contributed by atoms with Crippen molar-refractivity contribution < 1.29 is 9.59 Å². The predicted octanol–water partition coefficient (Wildman–Crippen LogP) is 1.68. The van der Waals surface area contributed by atoms with Crippen molar-refractivity contribution in [2.45, 2.75) is 25.4 Å². The van der Waals surface area contributed by atoms with Gasteiger partial charge in [0.2, 0.25) is 11.8 Å². The Morgan fingerprint density at radius 2 is 2.09 bits per heavy atom. The summed E-state index contributed by atoms with van der Waals surface area (Å²) in [4.78, 5) is 32.3. The number of amides is 2. The molecule has 0 aromatic carbocycles. The Labute approximate surface area is 141 Å². The van der Waals surface area contributed by atoms with Crippen LogP contribution in [-0.2, 0) is 9.59 Å². The van der Waals surface area contributed by atoms with E-state index in [1.807, 2.05) is 29.5 Å². The van der Waals surface area contributed by atoms with Gasteiger partial charge in [0, 0.05) is 37.5 Å². The van der Waals surface area contributed by atoms with Crippen molar-refractivity contribution in [3.63, 3.8) is 0 Å². The smallest absolute Gasteiger partial charge is 0.228 e. The molecule has 0 N–H and O–H groups in total. The summed E-state index contributed by atoms with van der Waals surface area (Å²) in [7, 11) is 5.95. The Morgan fingerprint density at radius 3 is 2.65 bits per heavy atom. The van der Waals surface area contributed by atoms with Crippen LogP contribution in [0.15, 0.2) is 17.5 Å². The van der Waals surface area contributed by atoms with Crippen LogP contribution in [0.1, 0.15) is 24.3 Å². The number of carbonyl (C=O) groups is 2. The first-order valence-corrected chi connectivity index (χ1v) is 9.02. The van der Waals surface area contributed by atoms with E-state index in [0.717, 1.165) is 18.0 Å². The largest absolute Gasteiger partial charge is 0.340 e. The van der Waals surface area contributed by atoms with Crippen molar-refractivity contribution in [3.8, 4) is 0 Å². The summed E-state index contributed by atoms with van der Waals surface area (Å²) in [6.07, 6.45) is 0.329. The number of carbonyl (C=O) groups excluding carboxylic acids is 2. The second-order valence-corrected chi connectivity index (χ2v) is 8.01. The van der Waals surface area contributed by atoms with Gasteiger partial charge in [-0.05, 0) is 31.5 Å². The van der Waals surface area contributed by atoms with Crippen LogP contribution in [0.2, 0.25) is 0 Å². The first-order chi connectivity index (χ1) is 10.9. The van der Waals surface area contributed by atoms with Gasteiger partial charge in [-0.2, -0.15) is 0 Å². The molecule has 5 nitrogen and oxygen atoms in total. The Bertz CT molecular complexity index is 587. The molecule has 2 fully saturated rings. The molecule has 2 amide bonds. The molecule has 23 heavy (non-hydrogen) atoms. The Balaban J connectivity index is 1.80. The zero-order chi connectivity index (χ0) is 16.7. The number of hydrogen-bond acceptors (Lipinski definition) is 4. The highest BCUT2D eigenvalue weighted by Gasteiger charge is 2.46. The van der Waals surface area contributed by atoms with E-state index in [9.17, 15) is 9.59 Å². The van der Waals surface area contributed by atoms with Crippen LogP contribution in [0.25, 0.3) is 0 Å². The van der Waals surface area contributed by atoms with Gasteiger partial charge in [0.05, 0.1) is 12.0 Å². The van der Waals surface area contributed by atoms with Crippen molar-refractivity contribution in [2.75, 3.05) is 34.2 Å². The molecule has 2 saturated heterocycles. The zero-order valence-electron chi connectivity index (χ0n) is 14.2. The molecule has 3 rings (SSSR count). The fourth-order valence-electron chi connectivity index (χ4n) is 3.98. The number of thiophene rings is 1. The van der Waals surface area contributed by atoms with Gasteiger partial charge in [-0.15, -0.1) is 11.3 Å². The van der Waals surface area contributed by atoms with Crippen molar-refractivity contribution in [1.82, 2.24) is 14.7 Å². The highest BCUT2D eigenvalue weighted by molar-refractivity contribution is 7.10. The van der Waals surface area contributed by atoms with Gasteiger partial charge in [0.25, 0.3) is 0 Å². The number of hydrogen-bond donors (Lipinski definition) is 0. The second-order valence-electron chi connectivity index (χ2n) is 7.03. The molecule has 3 heterocycles. The van der Waals surface area contributed by atoms with Gasteiger partial charge in [-0.3, -0.25) is 9.59 Å². The molecular weight excluding hydrogens is 310 g/mol. The summed E-state index contributed by atoms with van der Waals surface area (Å²) in [6.45, 7) is 3.74. The lowest BCUT2D eigenvalue weighted by Gasteiger charge is -2.27. The van der Waals surface area contributed by atoms with Gasteiger partial charge < -0.3 is 14.7 Å². The summed E-state index contributed by atoms with van der Waals surface area (Å²) >= 11 is 1.62. The van der Waals surface area contributed by atoms with E-state index in [0.29, 0.717) is 18.4 Å². The molecule has 1 aromatic rings. The summed E-state index contributed by atoms with van der Waals surface area (Å²) in [6, 6.07) is 4.30. The van der Waals surface area contributed by atoms with Crippen LogP contribution in [0.3, 0.4) is 0 Å². The van der Waals surface area contributed by atoms with E-state index in [1.165, 1.54) is 0 Å². The minimum Gasteiger partial charge on any atom is -0.340 e. The fourth-order valence-corrected chi connectivity index (χ4v) is 4.91. The molecule has 4 atom stereocenters. The van der Waals surface area contributed by atoms with Gasteiger partial charge in [-0.1, -0.05) is 13.0 Å². The van der Waals surface area contributed by atoms with Crippen molar-refractivity contribution in [2.24, 2.45) is 11.8 Å². The SMILES string of the molecule is C[C@@H]1CN(C(=O)[C@@H]2CC(=O)N(C)[C@H]2c2cccs2)C[C@@H]1N(C)C. The van der Waals surface area contributed by atoms with Crippen molar-refractivity contribution in [1.29, 1.82) is 0 Å². The average molecular weight is 335 g/mol. The Kier molecular flexibility index (Phi) is 4.47. The van der Waals surface area contributed by atoms with E-state index in [-0.39, 0.29) is 23.8 Å². The molecule has 0 radical (unpaired) electrons. The highest BCUT2D eigenvalue weighted by atomic mass is 32.1. The molecule has 126 valence electrons. The third-order valence-corrected chi connectivity index (χ3v) is 6.23. The van der Waals surface area contributed by atoms with E-state index in [4.69, 9.17) is 0 Å². The third-order valence-electron chi connectivity index (χ3n) is 5.29. The van der Waals surface area contributed by atoms with Crippen molar-refractivity contribution in [3.05, 3.63) is 22.4 Å². The lowest BCUT2D eigenvalue weighted by atomic mass is 9.97. The maximum atomic E-state index is 13.1. The van der Waals surface area contributed by atoms with Gasteiger partial charge in [0.15, 0.2) is 0 Å². The Morgan fingerprint density at radius 1 is 1.35 bits per heavy atom. The van der Waals surface area contributed by atoms with Crippen LogP contribution in [0.4, 0.5) is 0 Å². The molecule has 2 aliphatic rings. The first-order valence-electron chi connectivity index (χ1n) is 8.14. The quantitative estimate of drug-likeness (QED) is 0.844. The molecule has 2 aliphatic heterocycles. The topological polar surface area (TPSA) is 43.9 Å². The fraction of sp³-hybridized carbons (Fsp3) is 0.647. The zero-order valence-corrected chi connectivity index (χ0v) is 15.0. The number of rotatable bonds is 3. The van der Waals surface area contributed by atoms with E-state index in [2.05, 4.69) is 25.9 Å². The average Bonchev–Trinajstić information content (AvgIpc) is 3.19. The third kappa shape index (κ3) is 2.90. The normalized spacial score (nSPS) is 31.4. The Hall–Kier alpha value is -1.40. The number of likely N-dealkylation sites (N-methyl/N-ethyl adjacent to an activating group) is 1. The number of likely N-dealkylation sites (tertiary alicyclic amines) is 2. The molecule has 0 bridgehead atoms. The minimum absolute atomic E-state index is 0.0677. The van der Waals surface area contributed by atoms with Gasteiger partial charge >= 0.3 is 0 Å². The highest BCUT2D eigenvalue weighted by Crippen LogP contribution is 2.40. The molecule has 1 aromatic heterocycles. The van der Waals surface area contributed by atoms with Gasteiger partial charge in [-0.25, -0.2) is 0 Å². The van der Waals surface area contributed by atoms with E-state index < -0.39 is 0 Å². The minimum atomic E-state index is -0.251. The van der Waals surface area contributed by atoms with Crippen LogP contribution < -0.4 is 0 Å². The predicted molar refractivity (Wildman–Crippen MR) is 91.2 cm³/mol. The standard InChI is InChI=1S/C17H25N3O2S/c1-11-9-20(10-13(11)18(2)3)17(22)12-8-15(21)19(4)16(12)14-6-5-7-23-14/h5-7,11-13,16H,8-10H2,1-4H3/t11-,12-,13+,16-/m1/s1. The lowest BCUT2D eigenvalue weighted by Crippen LogP contribution is -2.39. The lowest BCUT2D eigenvalue weighted by molar-refractivity contribution is -0.135. The summed E-state index contributed by atoms with van der Waals surface area (Å²) in [5, 5.41) is 2.01. The van der Waals surface area contributed by atoms with Crippen LogP contribution in [0, 0.1) is 11.8 Å². The molecular formula is C17H25N3O2S. The number of nitrogens with zero attached hydrogens (tertiary/aromatic N) is 3. The first kappa shape index (κ1) is 16.5. The second kappa shape index (κ2) is 6.24. The van der Waals surface area contributed by atoms with Crippen LogP contribution >= 0.6 is 11.3 Å². The molecule has 0 saturated carbocycles. The van der Waals surface area contributed by atoms with E-state index >= 15 is 0 Å². The maximum Gasteiger partial charge on any atom is 0.228 e. The molecule has 6 heteroatoms. The molecule has 0 aliphatic carbocycles. The summed E-state index contributed by atoms with van der Waals surface area (Å²) < 4.78 is 0. The van der Waals surface area contributed by atoms with Gasteiger partial charge in [0.1, 0.15) is 0 Å². The van der Waals surface area contributed by atoms with E-state index in [1.54, 1.807) is 16.2 Å². The van der Waals surface area contributed by atoms with Crippen LogP contribution in [0.5, 0.6) is 0 Å². The molecule has 0 unspecified atom stereocenters. The summed E-state index contributed by atoms with van der Waals surface area (Å²) in [5.41, 5.74) is 0. The van der Waals surface area contributed by atoms with Crippen LogP contribution in [-0.4, -0.2) is 66.8 Å². The molecule has 0 spiro atoms. The van der Waals surface area contributed by atoms with Crippen molar-refractivity contribution >= 4 is 23.2 Å². The summed E-state index contributed by atoms with van der Waals surface area (Å²) in [5.74, 6) is 0.415. The monoisotopic (exact) mass is 335 g/mol. The maximum absolute atomic E-state index is 13.1.